The summed E-state index contributed by atoms with van der Waals surface area (Å²) in [6, 6.07) is 12.0. The lowest BCUT2D eigenvalue weighted by Gasteiger charge is -2.10. The summed E-state index contributed by atoms with van der Waals surface area (Å²) in [6.07, 6.45) is 2.81. The number of hydrogen-bond acceptors (Lipinski definition) is 4. The third-order valence-electron chi connectivity index (χ3n) is 3.99. The van der Waals surface area contributed by atoms with E-state index in [0.717, 1.165) is 11.1 Å². The number of nitrogens with one attached hydrogen (secondary N) is 2. The minimum absolute atomic E-state index is 0.0388. The van der Waals surface area contributed by atoms with Crippen LogP contribution in [0.15, 0.2) is 53.0 Å². The number of rotatable bonds is 4. The summed E-state index contributed by atoms with van der Waals surface area (Å²) >= 11 is 23.0. The molecule has 0 radical (unpaired) electrons. The van der Waals surface area contributed by atoms with Crippen molar-refractivity contribution in [3.63, 3.8) is 0 Å². The van der Waals surface area contributed by atoms with Crippen LogP contribution < -0.4 is 10.6 Å². The first-order chi connectivity index (χ1) is 14.2. The fourth-order valence-corrected chi connectivity index (χ4v) is 3.34. The number of phenolic OH excluding ortho intramolecular Hbond substituents is 1. The molecule has 1 amide bonds. The predicted octanol–water partition coefficient (Wildman–Crippen LogP) is 6.45. The van der Waals surface area contributed by atoms with Crippen LogP contribution in [0, 0.1) is 6.92 Å². The molecule has 0 fully saturated rings. The Labute approximate surface area is 193 Å². The normalized spacial score (nSPS) is 10.9. The Kier molecular flexibility index (Phi) is 7.05. The lowest BCUT2D eigenvalue weighted by atomic mass is 10.1. The smallest absolute Gasteiger partial charge is 0.250 e. The van der Waals surface area contributed by atoms with E-state index in [9.17, 15) is 9.90 Å². The molecule has 0 aliphatic carbocycles. The highest BCUT2D eigenvalue weighted by Gasteiger charge is 2.09. The number of aryl methyl sites for hydroxylation is 1. The summed E-state index contributed by atoms with van der Waals surface area (Å²) < 4.78 is 5.73. The third-order valence-corrected chi connectivity index (χ3v) is 5.18. The van der Waals surface area contributed by atoms with Crippen molar-refractivity contribution in [3.8, 4) is 17.1 Å². The largest absolute Gasteiger partial charge is 0.505 e. The van der Waals surface area contributed by atoms with Crippen molar-refractivity contribution in [2.24, 2.45) is 0 Å². The van der Waals surface area contributed by atoms with Gasteiger partial charge in [0.15, 0.2) is 10.9 Å². The van der Waals surface area contributed by atoms with E-state index < -0.39 is 5.91 Å². The van der Waals surface area contributed by atoms with E-state index >= 15 is 0 Å². The number of aromatic hydroxyl groups is 1. The van der Waals surface area contributed by atoms with Crippen LogP contribution in [0.1, 0.15) is 11.3 Å². The standard InChI is InChI=1S/C21H15Cl3N2O3S/c1-11-2-3-12(8-15(11)22)18-6-4-14(29-18)5-7-19(27)26-21(30)25-13-9-16(23)20(28)17(24)10-13/h2-10,28H,1H3,(H2,25,26,27,30)/b7-5+. The maximum atomic E-state index is 12.1. The molecule has 3 rings (SSSR count). The van der Waals surface area contributed by atoms with Crippen LogP contribution >= 0.6 is 47.0 Å². The van der Waals surface area contributed by atoms with Gasteiger partial charge in [0.25, 0.3) is 0 Å². The van der Waals surface area contributed by atoms with Crippen LogP contribution in [0.2, 0.25) is 15.1 Å². The first-order valence-electron chi connectivity index (χ1n) is 8.57. The molecule has 0 aliphatic rings. The molecule has 5 nitrogen and oxygen atoms in total. The predicted molar refractivity (Wildman–Crippen MR) is 125 cm³/mol. The maximum absolute atomic E-state index is 12.1. The SMILES string of the molecule is Cc1ccc(-c2ccc(/C=C/C(=O)NC(=S)Nc3cc(Cl)c(O)c(Cl)c3)o2)cc1Cl. The molecule has 2 aromatic carbocycles. The number of carbonyl (C=O) groups is 1. The molecule has 0 spiro atoms. The van der Waals surface area contributed by atoms with Gasteiger partial charge in [-0.05, 0) is 61.1 Å². The molecule has 154 valence electrons. The van der Waals surface area contributed by atoms with Gasteiger partial charge in [0, 0.05) is 22.3 Å². The van der Waals surface area contributed by atoms with Crippen LogP contribution in [0.4, 0.5) is 5.69 Å². The third kappa shape index (κ3) is 5.55. The van der Waals surface area contributed by atoms with Gasteiger partial charge < -0.3 is 14.8 Å². The average Bonchev–Trinajstić information content (AvgIpc) is 3.15. The molecule has 9 heteroatoms. The van der Waals surface area contributed by atoms with Crippen molar-refractivity contribution in [3.05, 3.63) is 74.9 Å². The summed E-state index contributed by atoms with van der Waals surface area (Å²) in [4.78, 5) is 12.1. The number of halogens is 3. The van der Waals surface area contributed by atoms with E-state index in [2.05, 4.69) is 10.6 Å². The van der Waals surface area contributed by atoms with Gasteiger partial charge in [-0.1, -0.05) is 46.9 Å². The zero-order chi connectivity index (χ0) is 21.8. The number of amides is 1. The molecular formula is C21H15Cl3N2O3S. The van der Waals surface area contributed by atoms with Crippen LogP contribution in [-0.4, -0.2) is 16.1 Å². The molecule has 3 aromatic rings. The summed E-state index contributed by atoms with van der Waals surface area (Å²) in [5.74, 6) is 0.440. The molecule has 3 N–H and O–H groups in total. The monoisotopic (exact) mass is 480 g/mol. The Bertz CT molecular complexity index is 1140. The number of carbonyl (C=O) groups excluding carboxylic acids is 1. The summed E-state index contributed by atoms with van der Waals surface area (Å²) in [5, 5.41) is 15.6. The van der Waals surface area contributed by atoms with E-state index in [0.29, 0.717) is 22.2 Å². The van der Waals surface area contributed by atoms with E-state index in [1.54, 1.807) is 12.1 Å². The van der Waals surface area contributed by atoms with Gasteiger partial charge in [0.1, 0.15) is 11.5 Å². The lowest BCUT2D eigenvalue weighted by molar-refractivity contribution is -0.115. The Morgan fingerprint density at radius 2 is 1.77 bits per heavy atom. The number of benzene rings is 2. The molecule has 0 saturated carbocycles. The highest BCUT2D eigenvalue weighted by Crippen LogP contribution is 2.34. The van der Waals surface area contributed by atoms with E-state index in [1.807, 2.05) is 25.1 Å². The summed E-state index contributed by atoms with van der Waals surface area (Å²) in [7, 11) is 0. The summed E-state index contributed by atoms with van der Waals surface area (Å²) in [6.45, 7) is 1.92. The zero-order valence-electron chi connectivity index (χ0n) is 15.5. The average molecular weight is 482 g/mol. The first kappa shape index (κ1) is 22.2. The zero-order valence-corrected chi connectivity index (χ0v) is 18.6. The van der Waals surface area contributed by atoms with Crippen LogP contribution in [0.3, 0.4) is 0 Å². The Balaban J connectivity index is 1.60. The van der Waals surface area contributed by atoms with E-state index in [1.165, 1.54) is 24.3 Å². The second-order valence-electron chi connectivity index (χ2n) is 6.23. The first-order valence-corrected chi connectivity index (χ1v) is 10.1. The van der Waals surface area contributed by atoms with E-state index in [4.69, 9.17) is 51.4 Å². The van der Waals surface area contributed by atoms with Gasteiger partial charge in [-0.25, -0.2) is 0 Å². The van der Waals surface area contributed by atoms with Crippen molar-refractivity contribution in [1.29, 1.82) is 0 Å². The Morgan fingerprint density at radius 1 is 1.07 bits per heavy atom. The second kappa shape index (κ2) is 9.53. The molecule has 0 unspecified atom stereocenters. The molecule has 1 heterocycles. The Morgan fingerprint density at radius 3 is 2.43 bits per heavy atom. The van der Waals surface area contributed by atoms with Gasteiger partial charge in [-0.15, -0.1) is 0 Å². The molecule has 0 aliphatic heterocycles. The Hall–Kier alpha value is -2.51. The maximum Gasteiger partial charge on any atom is 0.250 e. The molecule has 30 heavy (non-hydrogen) atoms. The fourth-order valence-electron chi connectivity index (χ4n) is 2.46. The quantitative estimate of drug-likeness (QED) is 0.227. The highest BCUT2D eigenvalue weighted by molar-refractivity contribution is 7.80. The number of furan rings is 1. The molecule has 1 aromatic heterocycles. The van der Waals surface area contributed by atoms with Crippen molar-refractivity contribution in [2.75, 3.05) is 5.32 Å². The molecule has 0 atom stereocenters. The van der Waals surface area contributed by atoms with Crippen LogP contribution in [-0.2, 0) is 4.79 Å². The second-order valence-corrected chi connectivity index (χ2v) is 7.86. The van der Waals surface area contributed by atoms with Crippen molar-refractivity contribution >= 4 is 69.8 Å². The van der Waals surface area contributed by atoms with Crippen molar-refractivity contribution in [1.82, 2.24) is 5.32 Å². The fraction of sp³-hybridized carbons (Fsp3) is 0.0476. The van der Waals surface area contributed by atoms with Gasteiger partial charge in [0.2, 0.25) is 5.91 Å². The molecule has 0 saturated heterocycles. The van der Waals surface area contributed by atoms with Gasteiger partial charge in [-0.3, -0.25) is 10.1 Å². The van der Waals surface area contributed by atoms with Gasteiger partial charge >= 0.3 is 0 Å². The van der Waals surface area contributed by atoms with Gasteiger partial charge in [-0.2, -0.15) is 0 Å². The van der Waals surface area contributed by atoms with E-state index in [-0.39, 0.29) is 20.9 Å². The minimum Gasteiger partial charge on any atom is -0.505 e. The topological polar surface area (TPSA) is 74.5 Å². The summed E-state index contributed by atoms with van der Waals surface area (Å²) in [5.41, 5.74) is 2.24. The number of hydrogen-bond donors (Lipinski definition) is 3. The minimum atomic E-state index is -0.459. The molecular weight excluding hydrogens is 467 g/mol. The van der Waals surface area contributed by atoms with Crippen molar-refractivity contribution < 1.29 is 14.3 Å². The lowest BCUT2D eigenvalue weighted by Crippen LogP contribution is -2.32. The number of phenols is 1. The number of thiocarbonyl (C=S) groups is 1. The van der Waals surface area contributed by atoms with Crippen molar-refractivity contribution in [2.45, 2.75) is 6.92 Å². The highest BCUT2D eigenvalue weighted by atomic mass is 35.5. The number of anilines is 1. The molecule has 0 bridgehead atoms. The van der Waals surface area contributed by atoms with Crippen LogP contribution in [0.25, 0.3) is 17.4 Å². The van der Waals surface area contributed by atoms with Crippen LogP contribution in [0.5, 0.6) is 5.75 Å². The van der Waals surface area contributed by atoms with Gasteiger partial charge in [0.05, 0.1) is 10.0 Å².